The lowest BCUT2D eigenvalue weighted by Gasteiger charge is -2.19. The monoisotopic (exact) mass is 560 g/mol. The highest BCUT2D eigenvalue weighted by atomic mass is 35.5. The van der Waals surface area contributed by atoms with E-state index in [1.807, 2.05) is 11.6 Å². The number of aryl methyl sites for hydroxylation is 1. The Morgan fingerprint density at radius 3 is 2.38 bits per heavy atom. The van der Waals surface area contributed by atoms with Gasteiger partial charge < -0.3 is 9.84 Å². The van der Waals surface area contributed by atoms with Crippen LogP contribution in [0.25, 0.3) is 17.1 Å². The number of nitrogens with zero attached hydrogens (tertiary/aromatic N) is 6. The average molecular weight is 561 g/mol. The number of ether oxygens (including phenoxy) is 1. The summed E-state index contributed by atoms with van der Waals surface area (Å²) in [7, 11) is 0. The Bertz CT molecular complexity index is 1500. The number of hydrogen-bond acceptors (Lipinski definition) is 6. The zero-order valence-electron chi connectivity index (χ0n) is 21.9. The molecule has 0 bridgehead atoms. The van der Waals surface area contributed by atoms with Crippen molar-refractivity contribution in [3.05, 3.63) is 70.0 Å². The fourth-order valence-electron chi connectivity index (χ4n) is 4.57. The third-order valence-corrected chi connectivity index (χ3v) is 7.10. The molecule has 1 fully saturated rings. The number of rotatable bonds is 8. The molecule has 39 heavy (non-hydrogen) atoms. The summed E-state index contributed by atoms with van der Waals surface area (Å²) in [6, 6.07) is 7.53. The summed E-state index contributed by atoms with van der Waals surface area (Å²) in [5, 5.41) is 20.4. The van der Waals surface area contributed by atoms with Crippen LogP contribution in [0, 0.1) is 19.8 Å². The Labute approximate surface area is 228 Å². The molecule has 5 rings (SSSR count). The second-order valence-electron chi connectivity index (χ2n) is 10.4. The molecule has 4 aromatic rings. The normalized spacial score (nSPS) is 14.2. The van der Waals surface area contributed by atoms with Gasteiger partial charge in [-0.1, -0.05) is 11.6 Å². The number of aliphatic hydroxyl groups is 1. The Kier molecular flexibility index (Phi) is 6.92. The van der Waals surface area contributed by atoms with E-state index in [1.165, 1.54) is 23.1 Å². The molecule has 0 radical (unpaired) electrons. The van der Waals surface area contributed by atoms with Gasteiger partial charge in [-0.2, -0.15) is 10.2 Å². The second-order valence-corrected chi connectivity index (χ2v) is 10.8. The van der Waals surface area contributed by atoms with E-state index in [0.717, 1.165) is 30.6 Å². The topological polar surface area (TPSA) is 90.9 Å². The van der Waals surface area contributed by atoms with Crippen LogP contribution in [0.1, 0.15) is 55.0 Å². The molecule has 0 amide bonds. The SMILES string of the molecule is Cc1nn(-c2cc(Cc3c(C)c(-c4ccc(OC(F)(F)F)cc4)nn3CC3CC3)ncn2)c(C(C)(C)O)c1Cl. The number of alkyl halides is 3. The van der Waals surface area contributed by atoms with Gasteiger partial charge >= 0.3 is 6.36 Å². The van der Waals surface area contributed by atoms with Gasteiger partial charge in [0.15, 0.2) is 5.82 Å². The Balaban J connectivity index is 1.49. The molecule has 0 atom stereocenters. The molecular weight excluding hydrogens is 533 g/mol. The largest absolute Gasteiger partial charge is 0.573 e. The van der Waals surface area contributed by atoms with Crippen molar-refractivity contribution in [2.24, 2.45) is 5.92 Å². The van der Waals surface area contributed by atoms with Gasteiger partial charge in [-0.05, 0) is 76.3 Å². The lowest BCUT2D eigenvalue weighted by molar-refractivity contribution is -0.274. The van der Waals surface area contributed by atoms with Crippen molar-refractivity contribution in [3.8, 4) is 22.8 Å². The molecule has 1 saturated carbocycles. The van der Waals surface area contributed by atoms with Crippen molar-refractivity contribution in [1.29, 1.82) is 0 Å². The zero-order valence-corrected chi connectivity index (χ0v) is 22.7. The molecule has 1 N–H and O–H groups in total. The summed E-state index contributed by atoms with van der Waals surface area (Å²) in [5.74, 6) is 0.732. The van der Waals surface area contributed by atoms with E-state index in [2.05, 4.69) is 19.8 Å². The number of aromatic nitrogens is 6. The molecule has 3 heterocycles. The number of halogens is 4. The molecule has 0 saturated heterocycles. The zero-order chi connectivity index (χ0) is 28.1. The molecule has 0 unspecified atom stereocenters. The van der Waals surface area contributed by atoms with Gasteiger partial charge in [0.05, 0.1) is 27.8 Å². The van der Waals surface area contributed by atoms with Gasteiger partial charge in [0.1, 0.15) is 17.7 Å². The average Bonchev–Trinajstić information content (AvgIpc) is 3.54. The van der Waals surface area contributed by atoms with Crippen LogP contribution in [-0.4, -0.2) is 41.0 Å². The summed E-state index contributed by atoms with van der Waals surface area (Å²) >= 11 is 6.45. The van der Waals surface area contributed by atoms with Crippen LogP contribution in [0.15, 0.2) is 36.7 Å². The molecule has 1 aliphatic carbocycles. The van der Waals surface area contributed by atoms with Crippen LogP contribution in [0.2, 0.25) is 5.02 Å². The quantitative estimate of drug-likeness (QED) is 0.287. The van der Waals surface area contributed by atoms with Crippen LogP contribution < -0.4 is 4.74 Å². The maximum atomic E-state index is 12.6. The van der Waals surface area contributed by atoms with Crippen molar-refractivity contribution < 1.29 is 23.0 Å². The van der Waals surface area contributed by atoms with Crippen LogP contribution in [0.5, 0.6) is 5.75 Å². The molecule has 8 nitrogen and oxygen atoms in total. The fraction of sp³-hybridized carbons (Fsp3) is 0.407. The Morgan fingerprint density at radius 1 is 1.08 bits per heavy atom. The standard InChI is InChI=1S/C27H28ClF3N6O2/c1-15-21(11-19-12-22(33-14-32-19)37-25(26(3,4)38)23(28)16(2)34-37)36(13-17-5-6-17)35-24(15)18-7-9-20(10-8-18)39-27(29,30)31/h7-10,12,14,17,38H,5-6,11,13H2,1-4H3. The minimum absolute atomic E-state index is 0.283. The molecule has 0 aliphatic heterocycles. The predicted octanol–water partition coefficient (Wildman–Crippen LogP) is 5.92. The van der Waals surface area contributed by atoms with Gasteiger partial charge in [-0.3, -0.25) is 4.68 Å². The molecule has 1 aromatic carbocycles. The molecule has 206 valence electrons. The van der Waals surface area contributed by atoms with Gasteiger partial charge in [-0.25, -0.2) is 14.6 Å². The van der Waals surface area contributed by atoms with Crippen molar-refractivity contribution in [1.82, 2.24) is 29.5 Å². The first-order valence-corrected chi connectivity index (χ1v) is 12.9. The lowest BCUT2D eigenvalue weighted by atomic mass is 10.0. The van der Waals surface area contributed by atoms with E-state index in [9.17, 15) is 18.3 Å². The fourth-order valence-corrected chi connectivity index (χ4v) is 4.92. The summed E-state index contributed by atoms with van der Waals surface area (Å²) < 4.78 is 45.3. The van der Waals surface area contributed by atoms with Gasteiger partial charge in [0.25, 0.3) is 0 Å². The van der Waals surface area contributed by atoms with E-state index in [-0.39, 0.29) is 5.75 Å². The molecule has 12 heteroatoms. The minimum atomic E-state index is -4.75. The van der Waals surface area contributed by atoms with E-state index < -0.39 is 12.0 Å². The highest BCUT2D eigenvalue weighted by molar-refractivity contribution is 6.32. The van der Waals surface area contributed by atoms with Crippen molar-refractivity contribution in [2.45, 2.75) is 65.5 Å². The maximum absolute atomic E-state index is 12.6. The predicted molar refractivity (Wildman–Crippen MR) is 139 cm³/mol. The van der Waals surface area contributed by atoms with Gasteiger partial charge in [-0.15, -0.1) is 13.2 Å². The number of hydrogen-bond donors (Lipinski definition) is 1. The summed E-state index contributed by atoms with van der Waals surface area (Å²) in [5.41, 5.74) is 3.72. The minimum Gasteiger partial charge on any atom is -0.406 e. The molecular formula is C27H28ClF3N6O2. The third kappa shape index (κ3) is 5.94. The lowest BCUT2D eigenvalue weighted by Crippen LogP contribution is -2.22. The maximum Gasteiger partial charge on any atom is 0.573 e. The highest BCUT2D eigenvalue weighted by Crippen LogP contribution is 2.35. The summed E-state index contributed by atoms with van der Waals surface area (Å²) in [4.78, 5) is 8.85. The van der Waals surface area contributed by atoms with Crippen LogP contribution in [0.3, 0.4) is 0 Å². The van der Waals surface area contributed by atoms with Crippen LogP contribution in [-0.2, 0) is 18.6 Å². The Morgan fingerprint density at radius 2 is 1.77 bits per heavy atom. The van der Waals surface area contributed by atoms with Crippen LogP contribution >= 0.6 is 11.6 Å². The van der Waals surface area contributed by atoms with E-state index in [0.29, 0.717) is 51.5 Å². The molecule has 1 aliphatic rings. The van der Waals surface area contributed by atoms with E-state index in [4.69, 9.17) is 16.7 Å². The van der Waals surface area contributed by atoms with Crippen molar-refractivity contribution in [3.63, 3.8) is 0 Å². The van der Waals surface area contributed by atoms with Crippen molar-refractivity contribution >= 4 is 11.6 Å². The van der Waals surface area contributed by atoms with E-state index in [1.54, 1.807) is 39.0 Å². The Hall–Kier alpha value is -3.44. The molecule has 3 aromatic heterocycles. The van der Waals surface area contributed by atoms with Gasteiger partial charge in [0.2, 0.25) is 0 Å². The summed E-state index contributed by atoms with van der Waals surface area (Å²) in [6.07, 6.45) is -0.592. The molecule has 0 spiro atoms. The number of benzene rings is 1. The highest BCUT2D eigenvalue weighted by Gasteiger charge is 2.31. The van der Waals surface area contributed by atoms with Gasteiger partial charge in [0, 0.05) is 30.3 Å². The van der Waals surface area contributed by atoms with Crippen molar-refractivity contribution in [2.75, 3.05) is 0 Å². The van der Waals surface area contributed by atoms with Crippen LogP contribution in [0.4, 0.5) is 13.2 Å². The third-order valence-electron chi connectivity index (χ3n) is 6.65. The first kappa shape index (κ1) is 27.1. The first-order valence-electron chi connectivity index (χ1n) is 12.5. The van der Waals surface area contributed by atoms with E-state index >= 15 is 0 Å². The smallest absolute Gasteiger partial charge is 0.406 e. The first-order chi connectivity index (χ1) is 18.3. The second kappa shape index (κ2) is 9.95. The summed E-state index contributed by atoms with van der Waals surface area (Å²) in [6.45, 7) is 7.74.